The summed E-state index contributed by atoms with van der Waals surface area (Å²) in [5, 5.41) is 4.16. The molecule has 0 aliphatic rings. The predicted octanol–water partition coefficient (Wildman–Crippen LogP) is 5.78. The fourth-order valence-corrected chi connectivity index (χ4v) is 2.70. The molecule has 0 saturated carbocycles. The summed E-state index contributed by atoms with van der Waals surface area (Å²) in [4.78, 5) is 4.19. The Bertz CT molecular complexity index is 758. The molecule has 0 aliphatic heterocycles. The van der Waals surface area contributed by atoms with Crippen molar-refractivity contribution in [1.82, 2.24) is 4.98 Å². The summed E-state index contributed by atoms with van der Waals surface area (Å²) in [6, 6.07) is 18.1. The van der Waals surface area contributed by atoms with Crippen LogP contribution in [0.3, 0.4) is 0 Å². The van der Waals surface area contributed by atoms with E-state index in [0.717, 1.165) is 32.9 Å². The molecule has 1 aromatic heterocycles. The van der Waals surface area contributed by atoms with Gasteiger partial charge < -0.3 is 5.32 Å². The van der Waals surface area contributed by atoms with Crippen LogP contribution in [0.4, 0.5) is 5.69 Å². The van der Waals surface area contributed by atoms with Crippen molar-refractivity contribution in [2.75, 3.05) is 5.32 Å². The van der Waals surface area contributed by atoms with Crippen molar-refractivity contribution in [2.45, 2.75) is 6.54 Å². The van der Waals surface area contributed by atoms with Gasteiger partial charge in [0.2, 0.25) is 0 Å². The van der Waals surface area contributed by atoms with E-state index in [1.807, 2.05) is 54.7 Å². The van der Waals surface area contributed by atoms with Crippen molar-refractivity contribution in [2.24, 2.45) is 0 Å². The number of benzene rings is 2. The number of hydrogen-bond donors (Lipinski definition) is 1. The second-order valence-electron chi connectivity index (χ2n) is 4.90. The Morgan fingerprint density at radius 3 is 2.59 bits per heavy atom. The Hall–Kier alpha value is -1.84. The molecule has 4 heteroatoms. The molecule has 110 valence electrons. The van der Waals surface area contributed by atoms with Crippen LogP contribution in [0.5, 0.6) is 0 Å². The summed E-state index contributed by atoms with van der Waals surface area (Å²) in [5.74, 6) is 0. The number of nitrogens with one attached hydrogen (secondary N) is 1. The number of halogens is 2. The molecule has 0 saturated heterocycles. The molecule has 0 unspecified atom stereocenters. The average molecular weight is 374 g/mol. The summed E-state index contributed by atoms with van der Waals surface area (Å²) in [6.07, 6.45) is 3.63. The van der Waals surface area contributed by atoms with E-state index >= 15 is 0 Å². The Kier molecular flexibility index (Phi) is 4.76. The summed E-state index contributed by atoms with van der Waals surface area (Å²) in [5.41, 5.74) is 4.43. The van der Waals surface area contributed by atoms with Gasteiger partial charge in [0.25, 0.3) is 0 Å². The number of nitrogens with zero attached hydrogens (tertiary/aromatic N) is 1. The molecular weight excluding hydrogens is 360 g/mol. The van der Waals surface area contributed by atoms with Crippen molar-refractivity contribution in [1.29, 1.82) is 0 Å². The normalized spacial score (nSPS) is 10.5. The lowest BCUT2D eigenvalue weighted by atomic mass is 10.0. The lowest BCUT2D eigenvalue weighted by Crippen LogP contribution is -2.01. The minimum Gasteiger partial charge on any atom is -0.381 e. The highest BCUT2D eigenvalue weighted by atomic mass is 79.9. The lowest BCUT2D eigenvalue weighted by molar-refractivity contribution is 1.15. The maximum absolute atomic E-state index is 6.16. The van der Waals surface area contributed by atoms with Crippen molar-refractivity contribution in [3.05, 3.63) is 82.0 Å². The lowest BCUT2D eigenvalue weighted by Gasteiger charge is -2.12. The molecule has 0 aliphatic carbocycles. The molecule has 22 heavy (non-hydrogen) atoms. The van der Waals surface area contributed by atoms with Crippen LogP contribution in [0, 0.1) is 0 Å². The smallest absolute Gasteiger partial charge is 0.0412 e. The SMILES string of the molecule is Clc1ccc(CNc2ccc(Br)cc2)c(-c2cccnc2)c1. The minimum absolute atomic E-state index is 0.725. The Morgan fingerprint density at radius 2 is 1.86 bits per heavy atom. The van der Waals surface area contributed by atoms with E-state index < -0.39 is 0 Å². The molecule has 0 atom stereocenters. The van der Waals surface area contributed by atoms with E-state index in [9.17, 15) is 0 Å². The summed E-state index contributed by atoms with van der Waals surface area (Å²) in [7, 11) is 0. The third kappa shape index (κ3) is 3.67. The molecule has 2 nitrogen and oxygen atoms in total. The van der Waals surface area contributed by atoms with Gasteiger partial charge >= 0.3 is 0 Å². The van der Waals surface area contributed by atoms with Gasteiger partial charge in [0, 0.05) is 39.7 Å². The minimum atomic E-state index is 0.725. The number of hydrogen-bond acceptors (Lipinski definition) is 2. The first-order valence-corrected chi connectivity index (χ1v) is 8.08. The van der Waals surface area contributed by atoms with Gasteiger partial charge in [0.15, 0.2) is 0 Å². The largest absolute Gasteiger partial charge is 0.381 e. The first kappa shape index (κ1) is 15.1. The van der Waals surface area contributed by atoms with Crippen LogP contribution in [-0.2, 0) is 6.54 Å². The zero-order chi connectivity index (χ0) is 15.4. The van der Waals surface area contributed by atoms with E-state index in [1.54, 1.807) is 6.20 Å². The van der Waals surface area contributed by atoms with Gasteiger partial charge in [-0.25, -0.2) is 0 Å². The maximum Gasteiger partial charge on any atom is 0.0412 e. The van der Waals surface area contributed by atoms with E-state index in [0.29, 0.717) is 0 Å². The molecule has 3 rings (SSSR count). The molecule has 1 N–H and O–H groups in total. The second-order valence-corrected chi connectivity index (χ2v) is 6.26. The van der Waals surface area contributed by atoms with E-state index in [-0.39, 0.29) is 0 Å². The van der Waals surface area contributed by atoms with Gasteiger partial charge in [-0.05, 0) is 53.6 Å². The molecule has 0 amide bonds. The van der Waals surface area contributed by atoms with Crippen molar-refractivity contribution < 1.29 is 0 Å². The molecule has 0 fully saturated rings. The zero-order valence-corrected chi connectivity index (χ0v) is 14.1. The Labute approximate surface area is 143 Å². The summed E-state index contributed by atoms with van der Waals surface area (Å²) >= 11 is 9.60. The number of aromatic nitrogens is 1. The molecule has 0 radical (unpaired) electrons. The third-order valence-electron chi connectivity index (χ3n) is 3.37. The van der Waals surface area contributed by atoms with Gasteiger partial charge in [-0.1, -0.05) is 39.7 Å². The van der Waals surface area contributed by atoms with Gasteiger partial charge in [-0.15, -0.1) is 0 Å². The number of pyridine rings is 1. The Morgan fingerprint density at radius 1 is 1.05 bits per heavy atom. The second kappa shape index (κ2) is 6.95. The van der Waals surface area contributed by atoms with Crippen LogP contribution in [0.2, 0.25) is 5.02 Å². The van der Waals surface area contributed by atoms with Crippen molar-refractivity contribution >= 4 is 33.2 Å². The van der Waals surface area contributed by atoms with Gasteiger partial charge in [-0.2, -0.15) is 0 Å². The van der Waals surface area contributed by atoms with E-state index in [4.69, 9.17) is 11.6 Å². The van der Waals surface area contributed by atoms with Gasteiger partial charge in [0.05, 0.1) is 0 Å². The standard InChI is InChI=1S/C18H14BrClN2/c19-15-4-7-17(8-5-15)22-12-14-3-6-16(20)10-18(14)13-2-1-9-21-11-13/h1-11,22H,12H2. The molecule has 1 heterocycles. The molecule has 0 bridgehead atoms. The highest BCUT2D eigenvalue weighted by molar-refractivity contribution is 9.10. The van der Waals surface area contributed by atoms with Crippen molar-refractivity contribution in [3.8, 4) is 11.1 Å². The molecular formula is C18H14BrClN2. The third-order valence-corrected chi connectivity index (χ3v) is 4.14. The topological polar surface area (TPSA) is 24.9 Å². The van der Waals surface area contributed by atoms with Crippen LogP contribution in [0.1, 0.15) is 5.56 Å². The fourth-order valence-electron chi connectivity index (χ4n) is 2.26. The Balaban J connectivity index is 1.86. The summed E-state index contributed by atoms with van der Waals surface area (Å²) < 4.78 is 1.07. The van der Waals surface area contributed by atoms with Crippen LogP contribution >= 0.6 is 27.5 Å². The van der Waals surface area contributed by atoms with Gasteiger partial charge in [-0.3, -0.25) is 4.98 Å². The summed E-state index contributed by atoms with van der Waals surface area (Å²) in [6.45, 7) is 0.725. The van der Waals surface area contributed by atoms with E-state index in [1.165, 1.54) is 5.56 Å². The van der Waals surface area contributed by atoms with Crippen LogP contribution in [-0.4, -0.2) is 4.98 Å². The quantitative estimate of drug-likeness (QED) is 0.627. The zero-order valence-electron chi connectivity index (χ0n) is 11.8. The first-order valence-electron chi connectivity index (χ1n) is 6.90. The van der Waals surface area contributed by atoms with Crippen molar-refractivity contribution in [3.63, 3.8) is 0 Å². The van der Waals surface area contributed by atoms with Crippen LogP contribution in [0.25, 0.3) is 11.1 Å². The predicted molar refractivity (Wildman–Crippen MR) is 96.2 cm³/mol. The van der Waals surface area contributed by atoms with E-state index in [2.05, 4.69) is 32.3 Å². The maximum atomic E-state index is 6.16. The number of rotatable bonds is 4. The highest BCUT2D eigenvalue weighted by Crippen LogP contribution is 2.27. The van der Waals surface area contributed by atoms with Crippen LogP contribution < -0.4 is 5.32 Å². The molecule has 0 spiro atoms. The highest BCUT2D eigenvalue weighted by Gasteiger charge is 2.06. The monoisotopic (exact) mass is 372 g/mol. The number of anilines is 1. The average Bonchev–Trinajstić information content (AvgIpc) is 2.56. The van der Waals surface area contributed by atoms with Crippen LogP contribution in [0.15, 0.2) is 71.5 Å². The fraction of sp³-hybridized carbons (Fsp3) is 0.0556. The molecule has 2 aromatic carbocycles. The molecule has 3 aromatic rings. The first-order chi connectivity index (χ1) is 10.7. The van der Waals surface area contributed by atoms with Gasteiger partial charge in [0.1, 0.15) is 0 Å².